The summed E-state index contributed by atoms with van der Waals surface area (Å²) >= 11 is 7.55. The Morgan fingerprint density at radius 2 is 1.85 bits per heavy atom. The molecule has 0 saturated carbocycles. The van der Waals surface area contributed by atoms with E-state index in [1.54, 1.807) is 18.4 Å². The van der Waals surface area contributed by atoms with Gasteiger partial charge in [0.05, 0.1) is 28.5 Å². The van der Waals surface area contributed by atoms with Crippen LogP contribution in [0, 0.1) is 6.92 Å². The number of thiazole rings is 1. The highest BCUT2D eigenvalue weighted by Gasteiger charge is 2.33. The molecular formula is C31H27ClN2O4S. The van der Waals surface area contributed by atoms with Crippen molar-refractivity contribution in [3.63, 3.8) is 0 Å². The minimum Gasteiger partial charge on any atom is -0.489 e. The smallest absolute Gasteiger partial charge is 0.338 e. The van der Waals surface area contributed by atoms with Gasteiger partial charge < -0.3 is 9.47 Å². The first kappa shape index (κ1) is 26.7. The van der Waals surface area contributed by atoms with Gasteiger partial charge in [0.1, 0.15) is 12.4 Å². The Hall–Kier alpha value is -3.94. The molecule has 0 bridgehead atoms. The van der Waals surface area contributed by atoms with Gasteiger partial charge in [-0.15, -0.1) is 0 Å². The van der Waals surface area contributed by atoms with E-state index in [4.69, 9.17) is 21.1 Å². The van der Waals surface area contributed by atoms with Gasteiger partial charge in [-0.3, -0.25) is 9.36 Å². The summed E-state index contributed by atoms with van der Waals surface area (Å²) in [7, 11) is 0. The normalized spacial score (nSPS) is 15.1. The second-order valence-electron chi connectivity index (χ2n) is 9.17. The second-order valence-corrected chi connectivity index (χ2v) is 10.6. The molecule has 0 N–H and O–H groups in total. The lowest BCUT2D eigenvalue weighted by Crippen LogP contribution is -2.39. The fourth-order valence-electron chi connectivity index (χ4n) is 4.48. The van der Waals surface area contributed by atoms with E-state index in [2.05, 4.69) is 4.99 Å². The maximum absolute atomic E-state index is 13.8. The average molecular weight is 559 g/mol. The third-order valence-corrected chi connectivity index (χ3v) is 7.77. The average Bonchev–Trinajstić information content (AvgIpc) is 3.22. The van der Waals surface area contributed by atoms with Crippen LogP contribution < -0.4 is 19.6 Å². The topological polar surface area (TPSA) is 69.9 Å². The third-order valence-electron chi connectivity index (χ3n) is 6.42. The van der Waals surface area contributed by atoms with Gasteiger partial charge in [-0.2, -0.15) is 0 Å². The van der Waals surface area contributed by atoms with Crippen molar-refractivity contribution in [3.8, 4) is 5.75 Å². The van der Waals surface area contributed by atoms with Crippen molar-refractivity contribution in [2.75, 3.05) is 6.61 Å². The molecule has 1 aliphatic rings. The first-order chi connectivity index (χ1) is 18.9. The summed E-state index contributed by atoms with van der Waals surface area (Å²) in [4.78, 5) is 32.0. The highest BCUT2D eigenvalue weighted by molar-refractivity contribution is 7.07. The summed E-state index contributed by atoms with van der Waals surface area (Å²) in [6, 6.07) is 22.3. The van der Waals surface area contributed by atoms with Crippen LogP contribution in [0.2, 0.25) is 5.02 Å². The fraction of sp³-hybridized carbons (Fsp3) is 0.194. The van der Waals surface area contributed by atoms with Gasteiger partial charge in [-0.05, 0) is 56.2 Å². The lowest BCUT2D eigenvalue weighted by Gasteiger charge is -2.24. The number of allylic oxidation sites excluding steroid dienone is 1. The molecule has 0 aliphatic carbocycles. The van der Waals surface area contributed by atoms with E-state index in [9.17, 15) is 9.59 Å². The number of benzene rings is 3. The molecule has 198 valence electrons. The first-order valence-corrected chi connectivity index (χ1v) is 13.8. The van der Waals surface area contributed by atoms with Crippen molar-refractivity contribution in [2.24, 2.45) is 4.99 Å². The molecule has 1 atom stereocenters. The maximum Gasteiger partial charge on any atom is 0.338 e. The molecule has 6 nitrogen and oxygen atoms in total. The minimum absolute atomic E-state index is 0.221. The number of aryl methyl sites for hydroxylation is 1. The van der Waals surface area contributed by atoms with Gasteiger partial charge in [0.2, 0.25) is 0 Å². The Balaban J connectivity index is 1.55. The number of hydrogen-bond donors (Lipinski definition) is 0. The van der Waals surface area contributed by atoms with Crippen LogP contribution in [0.3, 0.4) is 0 Å². The number of halogens is 1. The maximum atomic E-state index is 13.8. The Kier molecular flexibility index (Phi) is 7.82. The number of hydrogen-bond acceptors (Lipinski definition) is 6. The predicted octanol–water partition coefficient (Wildman–Crippen LogP) is 5.34. The molecule has 8 heteroatoms. The number of rotatable bonds is 7. The van der Waals surface area contributed by atoms with Crippen molar-refractivity contribution in [2.45, 2.75) is 33.4 Å². The van der Waals surface area contributed by atoms with Gasteiger partial charge >= 0.3 is 5.97 Å². The third kappa shape index (κ3) is 5.60. The van der Waals surface area contributed by atoms with Gasteiger partial charge in [-0.1, -0.05) is 83.1 Å². The van der Waals surface area contributed by atoms with E-state index in [1.165, 1.54) is 11.3 Å². The molecule has 0 amide bonds. The van der Waals surface area contributed by atoms with Crippen molar-refractivity contribution in [1.82, 2.24) is 4.57 Å². The van der Waals surface area contributed by atoms with E-state index < -0.39 is 12.0 Å². The SMILES string of the molecule is CCOC(=O)C1=C(C)N=c2s/c(=C\c3cccc(OCc4ccccc4Cl)c3)c(=O)n2C1c1ccc(C)cc1. The largest absolute Gasteiger partial charge is 0.489 e. The van der Waals surface area contributed by atoms with Gasteiger partial charge in [-0.25, -0.2) is 9.79 Å². The fourth-order valence-corrected chi connectivity index (χ4v) is 5.71. The monoisotopic (exact) mass is 558 g/mol. The van der Waals surface area contributed by atoms with Crippen LogP contribution in [0.1, 0.15) is 42.1 Å². The summed E-state index contributed by atoms with van der Waals surface area (Å²) in [5.41, 5.74) is 4.30. The lowest BCUT2D eigenvalue weighted by atomic mass is 9.95. The van der Waals surface area contributed by atoms with Crippen LogP contribution in [0.25, 0.3) is 6.08 Å². The summed E-state index contributed by atoms with van der Waals surface area (Å²) in [5, 5.41) is 0.648. The zero-order valence-electron chi connectivity index (χ0n) is 21.8. The highest BCUT2D eigenvalue weighted by Crippen LogP contribution is 2.31. The molecule has 1 aromatic heterocycles. The van der Waals surface area contributed by atoms with Crippen LogP contribution in [-0.4, -0.2) is 17.1 Å². The first-order valence-electron chi connectivity index (χ1n) is 12.6. The molecule has 0 saturated heterocycles. The number of nitrogens with zero attached hydrogens (tertiary/aromatic N) is 2. The number of esters is 1. The van der Waals surface area contributed by atoms with Crippen LogP contribution in [-0.2, 0) is 16.1 Å². The molecule has 0 radical (unpaired) electrons. The Morgan fingerprint density at radius 1 is 1.08 bits per heavy atom. The molecular weight excluding hydrogens is 532 g/mol. The zero-order chi connectivity index (χ0) is 27.5. The lowest BCUT2D eigenvalue weighted by molar-refractivity contribution is -0.139. The number of aromatic nitrogens is 1. The van der Waals surface area contributed by atoms with E-state index in [0.29, 0.717) is 38.0 Å². The highest BCUT2D eigenvalue weighted by atomic mass is 35.5. The predicted molar refractivity (Wildman–Crippen MR) is 154 cm³/mol. The Morgan fingerprint density at radius 3 is 2.59 bits per heavy atom. The van der Waals surface area contributed by atoms with Crippen molar-refractivity contribution < 1.29 is 14.3 Å². The van der Waals surface area contributed by atoms with Crippen LogP contribution in [0.5, 0.6) is 5.75 Å². The van der Waals surface area contributed by atoms with Crippen LogP contribution in [0.4, 0.5) is 0 Å². The molecule has 1 unspecified atom stereocenters. The summed E-state index contributed by atoms with van der Waals surface area (Å²) in [5.74, 6) is 0.191. The molecule has 39 heavy (non-hydrogen) atoms. The van der Waals surface area contributed by atoms with Crippen molar-refractivity contribution >= 4 is 35.0 Å². The molecule has 0 spiro atoms. The molecule has 5 rings (SSSR count). The number of fused-ring (bicyclic) bond motifs is 1. The van der Waals surface area contributed by atoms with Gasteiger partial charge in [0.25, 0.3) is 5.56 Å². The Bertz CT molecular complexity index is 1750. The minimum atomic E-state index is -0.631. The van der Waals surface area contributed by atoms with E-state index in [0.717, 1.165) is 22.3 Å². The van der Waals surface area contributed by atoms with E-state index in [1.807, 2.05) is 85.8 Å². The molecule has 3 aromatic carbocycles. The van der Waals surface area contributed by atoms with E-state index in [-0.39, 0.29) is 12.2 Å². The standard InChI is InChI=1S/C31H27ClN2O4S/c1-4-37-30(36)27-20(3)33-31-34(28(27)22-14-12-19(2)13-15-22)29(35)26(39-31)17-21-8-7-10-24(16-21)38-18-23-9-5-6-11-25(23)32/h5-17,28H,4,18H2,1-3H3/b26-17-. The zero-order valence-corrected chi connectivity index (χ0v) is 23.4. The molecule has 0 fully saturated rings. The quantitative estimate of drug-likeness (QED) is 0.287. The van der Waals surface area contributed by atoms with Crippen molar-refractivity contribution in [1.29, 1.82) is 0 Å². The summed E-state index contributed by atoms with van der Waals surface area (Å²) in [6.07, 6.45) is 1.82. The number of carbonyl (C=O) groups excluding carboxylic acids is 1. The number of carbonyl (C=O) groups is 1. The van der Waals surface area contributed by atoms with E-state index >= 15 is 0 Å². The van der Waals surface area contributed by atoms with Crippen LogP contribution in [0.15, 0.2) is 93.9 Å². The second kappa shape index (κ2) is 11.4. The van der Waals surface area contributed by atoms with Gasteiger partial charge in [0.15, 0.2) is 4.80 Å². The molecule has 4 aromatic rings. The number of ether oxygens (including phenoxy) is 2. The van der Waals surface area contributed by atoms with Crippen LogP contribution >= 0.6 is 22.9 Å². The molecule has 1 aliphatic heterocycles. The Labute approximate surface area is 235 Å². The molecule has 2 heterocycles. The van der Waals surface area contributed by atoms with Crippen molar-refractivity contribution in [3.05, 3.63) is 131 Å². The van der Waals surface area contributed by atoms with Gasteiger partial charge in [0, 0.05) is 10.6 Å². The summed E-state index contributed by atoms with van der Waals surface area (Å²) < 4.78 is 13.4. The summed E-state index contributed by atoms with van der Waals surface area (Å²) in [6.45, 7) is 6.10.